The second-order valence-corrected chi connectivity index (χ2v) is 16.9. The second-order valence-electron chi connectivity index (χ2n) is 15.5. The highest BCUT2D eigenvalue weighted by molar-refractivity contribution is 7.47. The summed E-state index contributed by atoms with van der Waals surface area (Å²) < 4.78 is 32.7. The zero-order chi connectivity index (χ0) is 42.2. The third-order valence-corrected chi connectivity index (χ3v) is 10.9. The third kappa shape index (κ3) is 39.4. The molecule has 0 bridgehead atoms. The minimum Gasteiger partial charge on any atom is -0.462 e. The van der Waals surface area contributed by atoms with Crippen LogP contribution in [0.1, 0.15) is 188 Å². The van der Waals surface area contributed by atoms with Crippen LogP contribution in [0.5, 0.6) is 0 Å². The Kier molecular flexibility index (Phi) is 38.3. The number of ether oxygens (including phenoxy) is 2. The molecule has 4 N–H and O–H groups in total. The fourth-order valence-corrected chi connectivity index (χ4v) is 6.85. The molecule has 0 aromatic carbocycles. The first-order chi connectivity index (χ1) is 27.5. The summed E-state index contributed by atoms with van der Waals surface area (Å²) in [6, 6.07) is 0. The predicted octanol–water partition coefficient (Wildman–Crippen LogP) is 10.8. The van der Waals surface area contributed by atoms with E-state index in [0.717, 1.165) is 63.7 Å². The molecule has 0 amide bonds. The van der Waals surface area contributed by atoms with Crippen LogP contribution in [0.15, 0.2) is 36.5 Å². The van der Waals surface area contributed by atoms with Crippen molar-refractivity contribution in [1.82, 2.24) is 0 Å². The fraction of sp³-hybridized carbons (Fsp3) is 0.822. The summed E-state index contributed by atoms with van der Waals surface area (Å²) in [7, 11) is -4.63. The first-order valence-electron chi connectivity index (χ1n) is 22.4. The molecule has 0 aliphatic heterocycles. The van der Waals surface area contributed by atoms with Gasteiger partial charge in [0.2, 0.25) is 0 Å². The number of carbonyl (C=O) groups is 2. The van der Waals surface area contributed by atoms with Gasteiger partial charge in [0.05, 0.1) is 25.9 Å². The minimum atomic E-state index is -4.63. The Bertz CT molecular complexity index is 1080. The topological polar surface area (TPSA) is 169 Å². The molecular weight excluding hydrogens is 747 g/mol. The van der Waals surface area contributed by atoms with Crippen LogP contribution in [0.3, 0.4) is 0 Å². The second kappa shape index (κ2) is 39.6. The van der Waals surface area contributed by atoms with Crippen molar-refractivity contribution in [2.24, 2.45) is 5.92 Å². The average molecular weight is 831 g/mol. The van der Waals surface area contributed by atoms with Crippen LogP contribution in [0.4, 0.5) is 0 Å². The third-order valence-electron chi connectivity index (χ3n) is 9.93. The fourth-order valence-electron chi connectivity index (χ4n) is 6.06. The molecule has 0 aromatic rings. The molecule has 3 unspecified atom stereocenters. The zero-order valence-corrected chi connectivity index (χ0v) is 37.0. The van der Waals surface area contributed by atoms with Gasteiger partial charge < -0.3 is 29.7 Å². The predicted molar refractivity (Wildman–Crippen MR) is 230 cm³/mol. The lowest BCUT2D eigenvalue weighted by Crippen LogP contribution is -2.29. The van der Waals surface area contributed by atoms with Gasteiger partial charge in [-0.2, -0.15) is 0 Å². The van der Waals surface area contributed by atoms with E-state index in [9.17, 15) is 29.3 Å². The summed E-state index contributed by atoms with van der Waals surface area (Å²) >= 11 is 0. The van der Waals surface area contributed by atoms with E-state index < -0.39 is 57.9 Å². The summed E-state index contributed by atoms with van der Waals surface area (Å²) in [6.45, 7) is 4.51. The maximum atomic E-state index is 12.6. The lowest BCUT2D eigenvalue weighted by molar-refractivity contribution is -0.161. The summed E-state index contributed by atoms with van der Waals surface area (Å²) in [5, 5.41) is 28.2. The van der Waals surface area contributed by atoms with E-state index in [1.165, 1.54) is 77.0 Å². The Morgan fingerprint density at radius 1 is 0.649 bits per heavy atom. The van der Waals surface area contributed by atoms with Crippen molar-refractivity contribution in [3.8, 4) is 0 Å². The Morgan fingerprint density at radius 3 is 1.74 bits per heavy atom. The molecule has 0 rings (SSSR count). The Hall–Kier alpha value is -1.85. The average Bonchev–Trinajstić information content (AvgIpc) is 3.19. The van der Waals surface area contributed by atoms with Crippen LogP contribution in [-0.2, 0) is 32.7 Å². The van der Waals surface area contributed by atoms with Crippen molar-refractivity contribution in [1.29, 1.82) is 0 Å². The van der Waals surface area contributed by atoms with Gasteiger partial charge in [-0.05, 0) is 44.4 Å². The van der Waals surface area contributed by atoms with Gasteiger partial charge in [0.15, 0.2) is 6.10 Å². The Morgan fingerprint density at radius 2 is 1.18 bits per heavy atom. The molecule has 0 aliphatic rings. The molecule has 0 saturated heterocycles. The Balaban J connectivity index is 4.32. The van der Waals surface area contributed by atoms with Crippen molar-refractivity contribution in [2.75, 3.05) is 26.4 Å². The van der Waals surface area contributed by atoms with E-state index >= 15 is 0 Å². The molecular formula is C45H83O11P. The van der Waals surface area contributed by atoms with Gasteiger partial charge in [-0.3, -0.25) is 18.6 Å². The summed E-state index contributed by atoms with van der Waals surface area (Å²) in [5.74, 6) is -0.107. The number of carbonyl (C=O) groups excluding carboxylic acids is 2. The molecule has 0 fully saturated rings. The molecule has 0 heterocycles. The molecule has 0 radical (unpaired) electrons. The molecule has 0 saturated carbocycles. The summed E-state index contributed by atoms with van der Waals surface area (Å²) in [6.07, 6.45) is 35.8. The van der Waals surface area contributed by atoms with E-state index in [4.69, 9.17) is 19.1 Å². The van der Waals surface area contributed by atoms with Gasteiger partial charge in [0.25, 0.3) is 0 Å². The van der Waals surface area contributed by atoms with Crippen LogP contribution in [0.2, 0.25) is 0 Å². The van der Waals surface area contributed by atoms with Crippen molar-refractivity contribution in [3.63, 3.8) is 0 Å². The number of rotatable bonds is 41. The van der Waals surface area contributed by atoms with E-state index in [1.54, 1.807) is 6.08 Å². The molecule has 0 aromatic heterocycles. The normalized spacial score (nSPS) is 15.3. The molecule has 334 valence electrons. The van der Waals surface area contributed by atoms with Gasteiger partial charge in [-0.15, -0.1) is 0 Å². The van der Waals surface area contributed by atoms with Crippen LogP contribution in [-0.4, -0.2) is 76.9 Å². The number of hydrogen-bond acceptors (Lipinski definition) is 10. The van der Waals surface area contributed by atoms with Crippen LogP contribution in [0.25, 0.3) is 0 Å². The highest BCUT2D eigenvalue weighted by atomic mass is 31.2. The van der Waals surface area contributed by atoms with E-state index in [0.29, 0.717) is 19.3 Å². The molecule has 12 heteroatoms. The lowest BCUT2D eigenvalue weighted by Gasteiger charge is -2.20. The molecule has 11 nitrogen and oxygen atoms in total. The van der Waals surface area contributed by atoms with E-state index in [-0.39, 0.29) is 19.4 Å². The standard InChI is InChI=1S/C45H83O11P/c1-4-6-26-32-41(47)33-28-23-19-15-13-17-20-24-29-34-44(49)53-38-43(39-55-57(51,52)54-37-42(48)36-46)56-45(50)35-30-25-21-16-12-10-8-7-9-11-14-18-22-27-31-40(3)5-2/h6,19,23,26,28,33,40-43,46-48H,4-5,7-18,20-22,24-25,27,29-32,34-39H2,1-3H3,(H,51,52)/b23-19+,26-6+,33-28+/t40?,41?,42-,43+/m0/s1. The number of esters is 2. The highest BCUT2D eigenvalue weighted by Gasteiger charge is 2.27. The molecule has 0 aliphatic carbocycles. The number of hydrogen-bond donors (Lipinski definition) is 4. The van der Waals surface area contributed by atoms with Gasteiger partial charge >= 0.3 is 19.8 Å². The highest BCUT2D eigenvalue weighted by Crippen LogP contribution is 2.43. The van der Waals surface area contributed by atoms with Gasteiger partial charge in [-0.25, -0.2) is 4.57 Å². The summed E-state index contributed by atoms with van der Waals surface area (Å²) in [4.78, 5) is 35.0. The van der Waals surface area contributed by atoms with Gasteiger partial charge in [0.1, 0.15) is 12.7 Å². The number of aliphatic hydroxyl groups excluding tert-OH is 3. The van der Waals surface area contributed by atoms with Crippen molar-refractivity contribution < 1.29 is 52.9 Å². The van der Waals surface area contributed by atoms with Crippen molar-refractivity contribution >= 4 is 19.8 Å². The largest absolute Gasteiger partial charge is 0.472 e. The number of phosphoric ester groups is 1. The first kappa shape index (κ1) is 55.2. The van der Waals surface area contributed by atoms with Crippen LogP contribution >= 0.6 is 7.82 Å². The van der Waals surface area contributed by atoms with Crippen molar-refractivity contribution in [2.45, 2.75) is 206 Å². The zero-order valence-electron chi connectivity index (χ0n) is 36.1. The Labute approximate surface area is 346 Å². The van der Waals surface area contributed by atoms with Gasteiger partial charge in [0, 0.05) is 12.8 Å². The minimum absolute atomic E-state index is 0.171. The van der Waals surface area contributed by atoms with Crippen LogP contribution < -0.4 is 0 Å². The summed E-state index contributed by atoms with van der Waals surface area (Å²) in [5.41, 5.74) is 0. The maximum Gasteiger partial charge on any atom is 0.472 e. The molecule has 5 atom stereocenters. The SMILES string of the molecule is CC/C=C/CC(O)/C=C/C=C/CCCCCCCC(=O)OC[C@H](COP(=O)(O)OC[C@@H](O)CO)OC(=O)CCCCCCCCCCCCCCCCC(C)CC. The quantitative estimate of drug-likeness (QED) is 0.0152. The smallest absolute Gasteiger partial charge is 0.462 e. The number of aliphatic hydroxyl groups is 3. The van der Waals surface area contributed by atoms with E-state index in [1.807, 2.05) is 24.3 Å². The lowest BCUT2D eigenvalue weighted by atomic mass is 9.99. The number of unbranched alkanes of at least 4 members (excludes halogenated alkanes) is 18. The monoisotopic (exact) mass is 831 g/mol. The molecule has 57 heavy (non-hydrogen) atoms. The van der Waals surface area contributed by atoms with E-state index in [2.05, 4.69) is 31.4 Å². The molecule has 0 spiro atoms. The number of allylic oxidation sites excluding steroid dienone is 4. The number of phosphoric acid groups is 1. The first-order valence-corrected chi connectivity index (χ1v) is 23.9. The van der Waals surface area contributed by atoms with Crippen molar-refractivity contribution in [3.05, 3.63) is 36.5 Å². The van der Waals surface area contributed by atoms with Crippen LogP contribution in [0, 0.1) is 5.92 Å². The van der Waals surface area contributed by atoms with Gasteiger partial charge in [-0.1, -0.05) is 173 Å². The maximum absolute atomic E-state index is 12.6.